The van der Waals surface area contributed by atoms with Gasteiger partial charge < -0.3 is 10.1 Å². The van der Waals surface area contributed by atoms with Gasteiger partial charge in [-0.15, -0.1) is 11.3 Å². The third-order valence-corrected chi connectivity index (χ3v) is 5.25. The van der Waals surface area contributed by atoms with Crippen LogP contribution in [0, 0.1) is 23.2 Å². The molecule has 0 spiro atoms. The molecule has 2 aliphatic carbocycles. The van der Waals surface area contributed by atoms with Gasteiger partial charge in [-0.3, -0.25) is 9.59 Å². The van der Waals surface area contributed by atoms with Gasteiger partial charge in [-0.2, -0.15) is 5.26 Å². The van der Waals surface area contributed by atoms with E-state index in [1.807, 2.05) is 6.92 Å². The largest absolute Gasteiger partial charge is 0.455 e. The van der Waals surface area contributed by atoms with Crippen LogP contribution in [0.2, 0.25) is 0 Å². The Morgan fingerprint density at radius 3 is 2.90 bits per heavy atom. The number of esters is 1. The van der Waals surface area contributed by atoms with E-state index in [-0.39, 0.29) is 24.4 Å². The maximum atomic E-state index is 11.8. The lowest BCUT2D eigenvalue weighted by Crippen LogP contribution is -2.21. The van der Waals surface area contributed by atoms with Crippen molar-refractivity contribution in [1.82, 2.24) is 0 Å². The molecule has 21 heavy (non-hydrogen) atoms. The van der Waals surface area contributed by atoms with Crippen molar-refractivity contribution in [3.63, 3.8) is 0 Å². The normalized spacial score (nSPS) is 22.3. The molecular weight excluding hydrogens is 288 g/mol. The van der Waals surface area contributed by atoms with Crippen LogP contribution in [0.3, 0.4) is 0 Å². The monoisotopic (exact) mass is 304 g/mol. The van der Waals surface area contributed by atoms with E-state index in [0.717, 1.165) is 31.2 Å². The summed E-state index contributed by atoms with van der Waals surface area (Å²) in [5, 5.41) is 12.5. The standard InChI is InChI=1S/C15H16N2O3S/c1-8-5-10(8)15(19)20-7-13(18)17-14-11(6-16)9-3-2-4-12(9)21-14/h8,10H,2-5,7H2,1H3,(H,17,18)/t8-,10-/m1/s1. The maximum Gasteiger partial charge on any atom is 0.309 e. The van der Waals surface area contributed by atoms with E-state index in [2.05, 4.69) is 11.4 Å². The Labute approximate surface area is 126 Å². The number of fused-ring (bicyclic) bond motifs is 1. The predicted octanol–water partition coefficient (Wildman–Crippen LogP) is 2.25. The summed E-state index contributed by atoms with van der Waals surface area (Å²) in [7, 11) is 0. The lowest BCUT2D eigenvalue weighted by molar-refractivity contribution is -0.148. The minimum Gasteiger partial charge on any atom is -0.455 e. The Kier molecular flexibility index (Phi) is 3.68. The van der Waals surface area contributed by atoms with Crippen LogP contribution in [-0.4, -0.2) is 18.5 Å². The van der Waals surface area contributed by atoms with Gasteiger partial charge in [-0.1, -0.05) is 6.92 Å². The summed E-state index contributed by atoms with van der Waals surface area (Å²) >= 11 is 1.46. The average Bonchev–Trinajstić information content (AvgIpc) is 2.87. The summed E-state index contributed by atoms with van der Waals surface area (Å²) in [6.07, 6.45) is 3.79. The SMILES string of the molecule is C[C@@H]1C[C@H]1C(=O)OCC(=O)Nc1sc2c(c1C#N)CCC2. The van der Waals surface area contributed by atoms with Gasteiger partial charge in [0.15, 0.2) is 6.61 Å². The molecule has 0 unspecified atom stereocenters. The van der Waals surface area contributed by atoms with Gasteiger partial charge in [0, 0.05) is 4.88 Å². The van der Waals surface area contributed by atoms with Crippen LogP contribution in [0.1, 0.15) is 35.8 Å². The Bertz CT molecular complexity index is 644. The van der Waals surface area contributed by atoms with Crippen LogP contribution in [-0.2, 0) is 27.2 Å². The highest BCUT2D eigenvalue weighted by atomic mass is 32.1. The molecule has 110 valence electrons. The molecule has 5 nitrogen and oxygen atoms in total. The number of ether oxygens (including phenoxy) is 1. The zero-order valence-electron chi connectivity index (χ0n) is 11.8. The second-order valence-corrected chi connectivity index (χ2v) is 6.75. The molecule has 1 amide bonds. The third kappa shape index (κ3) is 2.79. The van der Waals surface area contributed by atoms with E-state index >= 15 is 0 Å². The first-order chi connectivity index (χ1) is 10.1. The van der Waals surface area contributed by atoms with Crippen molar-refractivity contribution in [2.24, 2.45) is 11.8 Å². The fourth-order valence-corrected chi connectivity index (χ4v) is 3.92. The average molecular weight is 304 g/mol. The number of carbonyl (C=O) groups excluding carboxylic acids is 2. The number of rotatable bonds is 4. The number of amides is 1. The molecule has 0 radical (unpaired) electrons. The van der Waals surface area contributed by atoms with Gasteiger partial charge in [0.25, 0.3) is 5.91 Å². The second kappa shape index (κ2) is 5.49. The van der Waals surface area contributed by atoms with Gasteiger partial charge in [-0.25, -0.2) is 0 Å². The lowest BCUT2D eigenvalue weighted by atomic mass is 10.1. The van der Waals surface area contributed by atoms with E-state index in [4.69, 9.17) is 4.74 Å². The van der Waals surface area contributed by atoms with Crippen LogP contribution in [0.25, 0.3) is 0 Å². The summed E-state index contributed by atoms with van der Waals surface area (Å²) in [6.45, 7) is 1.70. The number of carbonyl (C=O) groups is 2. The van der Waals surface area contributed by atoms with E-state index in [9.17, 15) is 14.9 Å². The molecule has 0 aromatic carbocycles. The summed E-state index contributed by atoms with van der Waals surface area (Å²) in [6, 6.07) is 2.17. The van der Waals surface area contributed by atoms with Crippen molar-refractivity contribution in [3.05, 3.63) is 16.0 Å². The van der Waals surface area contributed by atoms with Crippen molar-refractivity contribution >= 4 is 28.2 Å². The molecule has 1 fully saturated rings. The van der Waals surface area contributed by atoms with Gasteiger partial charge in [-0.05, 0) is 37.2 Å². The Morgan fingerprint density at radius 2 is 2.24 bits per heavy atom. The number of nitriles is 1. The first-order valence-electron chi connectivity index (χ1n) is 7.11. The van der Waals surface area contributed by atoms with Crippen molar-refractivity contribution in [2.75, 3.05) is 11.9 Å². The molecule has 0 saturated heterocycles. The summed E-state index contributed by atoms with van der Waals surface area (Å²) in [4.78, 5) is 24.6. The number of hydrogen-bond acceptors (Lipinski definition) is 5. The number of aryl methyl sites for hydroxylation is 1. The molecule has 3 rings (SSSR count). The minimum atomic E-state index is -0.381. The topological polar surface area (TPSA) is 79.2 Å². The van der Waals surface area contributed by atoms with Crippen LogP contribution in [0.4, 0.5) is 5.00 Å². The summed E-state index contributed by atoms with van der Waals surface area (Å²) in [5.74, 6) is -0.357. The van der Waals surface area contributed by atoms with Crippen molar-refractivity contribution in [3.8, 4) is 6.07 Å². The number of thiophene rings is 1. The molecular formula is C15H16N2O3S. The smallest absolute Gasteiger partial charge is 0.309 e. The molecule has 1 saturated carbocycles. The van der Waals surface area contributed by atoms with Crippen LogP contribution < -0.4 is 5.32 Å². The van der Waals surface area contributed by atoms with Gasteiger partial charge in [0.05, 0.1) is 11.5 Å². The van der Waals surface area contributed by atoms with Gasteiger partial charge >= 0.3 is 5.97 Å². The molecule has 0 aliphatic heterocycles. The number of nitrogens with zero attached hydrogens (tertiary/aromatic N) is 1. The number of nitrogens with one attached hydrogen (secondary N) is 1. The minimum absolute atomic E-state index is 0.0435. The van der Waals surface area contributed by atoms with Crippen LogP contribution >= 0.6 is 11.3 Å². The molecule has 1 N–H and O–H groups in total. The highest BCUT2D eigenvalue weighted by Crippen LogP contribution is 2.39. The first kappa shape index (κ1) is 14.1. The first-order valence-corrected chi connectivity index (χ1v) is 7.93. The van der Waals surface area contributed by atoms with Crippen LogP contribution in [0.5, 0.6) is 0 Å². The highest BCUT2D eigenvalue weighted by Gasteiger charge is 2.40. The van der Waals surface area contributed by atoms with Crippen LogP contribution in [0.15, 0.2) is 0 Å². The van der Waals surface area contributed by atoms with Gasteiger partial charge in [0.1, 0.15) is 11.1 Å². The van der Waals surface area contributed by atoms with Crippen molar-refractivity contribution < 1.29 is 14.3 Å². The molecule has 1 heterocycles. The molecule has 1 aromatic rings. The molecule has 2 aliphatic rings. The van der Waals surface area contributed by atoms with Crippen molar-refractivity contribution in [2.45, 2.75) is 32.6 Å². The quantitative estimate of drug-likeness (QED) is 0.865. The maximum absolute atomic E-state index is 11.8. The summed E-state index contributed by atoms with van der Waals surface area (Å²) < 4.78 is 4.99. The number of anilines is 1. The summed E-state index contributed by atoms with van der Waals surface area (Å²) in [5.41, 5.74) is 1.64. The lowest BCUT2D eigenvalue weighted by Gasteiger charge is -2.05. The highest BCUT2D eigenvalue weighted by molar-refractivity contribution is 7.16. The zero-order valence-corrected chi connectivity index (χ0v) is 12.6. The fourth-order valence-electron chi connectivity index (χ4n) is 2.67. The van der Waals surface area contributed by atoms with Crippen molar-refractivity contribution in [1.29, 1.82) is 5.26 Å². The van der Waals surface area contributed by atoms with E-state index < -0.39 is 0 Å². The Hall–Kier alpha value is -1.87. The third-order valence-electron chi connectivity index (χ3n) is 4.04. The molecule has 6 heteroatoms. The molecule has 0 bridgehead atoms. The zero-order chi connectivity index (χ0) is 15.0. The van der Waals surface area contributed by atoms with E-state index in [1.54, 1.807) is 0 Å². The second-order valence-electron chi connectivity index (χ2n) is 5.65. The van der Waals surface area contributed by atoms with Gasteiger partial charge in [0.2, 0.25) is 0 Å². The molecule has 1 aromatic heterocycles. The fraction of sp³-hybridized carbons (Fsp3) is 0.533. The van der Waals surface area contributed by atoms with E-state index in [0.29, 0.717) is 16.5 Å². The van der Waals surface area contributed by atoms with E-state index in [1.165, 1.54) is 16.2 Å². The predicted molar refractivity (Wildman–Crippen MR) is 77.9 cm³/mol. The Balaban J connectivity index is 1.58. The molecule has 2 atom stereocenters. The Morgan fingerprint density at radius 1 is 1.48 bits per heavy atom. The number of hydrogen-bond donors (Lipinski definition) is 1.